The number of ether oxygens (including phenoxy) is 1. The van der Waals surface area contributed by atoms with Gasteiger partial charge < -0.3 is 4.74 Å². The molecule has 2 aliphatic carbocycles. The first-order valence-corrected chi connectivity index (χ1v) is 15.8. The summed E-state index contributed by atoms with van der Waals surface area (Å²) in [6.07, 6.45) is 0. The van der Waals surface area contributed by atoms with Crippen molar-refractivity contribution in [2.75, 3.05) is 0 Å². The second-order valence-corrected chi connectivity index (χ2v) is 13.3. The summed E-state index contributed by atoms with van der Waals surface area (Å²) >= 11 is 0. The third-order valence-corrected chi connectivity index (χ3v) is 10.7. The SMILES string of the molecule is CC1(C)c2ccccc2Oc2ccc(-c3ccc4c(c3)-c3ccccc3C43c4ccccc4-c4cc5ccccc5cc43)cc21. The lowest BCUT2D eigenvalue weighted by molar-refractivity contribution is 0.418. The highest BCUT2D eigenvalue weighted by atomic mass is 16.5. The van der Waals surface area contributed by atoms with Gasteiger partial charge in [0.1, 0.15) is 11.5 Å². The predicted octanol–water partition coefficient (Wildman–Crippen LogP) is 11.3. The van der Waals surface area contributed by atoms with Gasteiger partial charge in [0, 0.05) is 16.5 Å². The van der Waals surface area contributed by atoms with E-state index in [0.29, 0.717) is 0 Å². The standard InChI is InChI=1S/C44H30O/c1-43(2)38-17-9-10-18-41(38)45-42-22-20-30(26-40(42)43)29-19-21-37-33(24-29)31-13-5-7-15-35(31)44(37)36-16-8-6-14-32(36)34-23-27-11-3-4-12-28(27)25-39(34)44/h3-26H,1-2H3. The molecular formula is C44H30O. The van der Waals surface area contributed by atoms with Crippen LogP contribution in [0.4, 0.5) is 0 Å². The fourth-order valence-electron chi connectivity index (χ4n) is 8.63. The third kappa shape index (κ3) is 3.13. The van der Waals surface area contributed by atoms with Gasteiger partial charge in [0.15, 0.2) is 0 Å². The van der Waals surface area contributed by atoms with Crippen molar-refractivity contribution in [2.45, 2.75) is 24.7 Å². The molecule has 0 bridgehead atoms. The molecule has 1 heteroatoms. The van der Waals surface area contributed by atoms with Crippen LogP contribution >= 0.6 is 0 Å². The van der Waals surface area contributed by atoms with Gasteiger partial charge in [0.25, 0.3) is 0 Å². The fourth-order valence-corrected chi connectivity index (χ4v) is 8.63. The van der Waals surface area contributed by atoms with Crippen LogP contribution in [0.25, 0.3) is 44.2 Å². The van der Waals surface area contributed by atoms with Gasteiger partial charge in [-0.3, -0.25) is 0 Å². The molecule has 45 heavy (non-hydrogen) atoms. The lowest BCUT2D eigenvalue weighted by Gasteiger charge is -2.34. The molecule has 1 nitrogen and oxygen atoms in total. The molecule has 212 valence electrons. The van der Waals surface area contributed by atoms with Crippen LogP contribution in [0.1, 0.15) is 47.2 Å². The van der Waals surface area contributed by atoms with Crippen LogP contribution in [0.5, 0.6) is 11.5 Å². The highest BCUT2D eigenvalue weighted by Crippen LogP contribution is 2.63. The molecule has 1 unspecified atom stereocenters. The van der Waals surface area contributed by atoms with Crippen molar-refractivity contribution in [1.29, 1.82) is 0 Å². The number of para-hydroxylation sites is 1. The Morgan fingerprint density at radius 1 is 0.378 bits per heavy atom. The number of hydrogen-bond acceptors (Lipinski definition) is 1. The van der Waals surface area contributed by atoms with Gasteiger partial charge in [0.05, 0.1) is 5.41 Å². The molecule has 0 N–H and O–H groups in total. The highest BCUT2D eigenvalue weighted by Gasteiger charge is 2.51. The molecule has 0 saturated heterocycles. The van der Waals surface area contributed by atoms with Gasteiger partial charge in [-0.15, -0.1) is 0 Å². The zero-order chi connectivity index (χ0) is 29.9. The summed E-state index contributed by atoms with van der Waals surface area (Å²) < 4.78 is 6.38. The second kappa shape index (κ2) is 8.61. The van der Waals surface area contributed by atoms with Crippen LogP contribution in [0.15, 0.2) is 146 Å². The normalized spacial score (nSPS) is 17.6. The Balaban J connectivity index is 1.21. The maximum absolute atomic E-state index is 6.38. The van der Waals surface area contributed by atoms with E-state index in [4.69, 9.17) is 4.74 Å². The second-order valence-electron chi connectivity index (χ2n) is 13.3. The summed E-state index contributed by atoms with van der Waals surface area (Å²) in [5, 5.41) is 2.57. The van der Waals surface area contributed by atoms with Gasteiger partial charge in [-0.2, -0.15) is 0 Å². The molecule has 7 aromatic rings. The van der Waals surface area contributed by atoms with Crippen LogP contribution in [0, 0.1) is 0 Å². The maximum atomic E-state index is 6.38. The number of rotatable bonds is 1. The Hall–Kier alpha value is -5.40. The van der Waals surface area contributed by atoms with E-state index in [1.54, 1.807) is 0 Å². The number of fused-ring (bicyclic) bond motifs is 13. The molecule has 1 spiro atoms. The van der Waals surface area contributed by atoms with Gasteiger partial charge in [-0.1, -0.05) is 123 Å². The first-order chi connectivity index (χ1) is 22.0. The molecule has 10 rings (SSSR count). The molecule has 0 aromatic heterocycles. The molecule has 0 fully saturated rings. The van der Waals surface area contributed by atoms with Gasteiger partial charge in [-0.05, 0) is 103 Å². The summed E-state index contributed by atoms with van der Waals surface area (Å²) in [5.74, 6) is 1.89. The van der Waals surface area contributed by atoms with Crippen LogP contribution < -0.4 is 4.74 Å². The Morgan fingerprint density at radius 3 is 1.67 bits per heavy atom. The van der Waals surface area contributed by atoms with Crippen LogP contribution in [-0.4, -0.2) is 0 Å². The molecule has 1 heterocycles. The zero-order valence-electron chi connectivity index (χ0n) is 25.3. The Kier molecular flexibility index (Phi) is 4.78. The summed E-state index contributed by atoms with van der Waals surface area (Å²) in [4.78, 5) is 0. The highest BCUT2D eigenvalue weighted by molar-refractivity contribution is 6.00. The van der Waals surface area contributed by atoms with Gasteiger partial charge in [-0.25, -0.2) is 0 Å². The predicted molar refractivity (Wildman–Crippen MR) is 184 cm³/mol. The summed E-state index contributed by atoms with van der Waals surface area (Å²) in [5.41, 5.74) is 15.2. The molecule has 1 atom stereocenters. The Labute approximate surface area is 263 Å². The van der Waals surface area contributed by atoms with Crippen molar-refractivity contribution in [2.24, 2.45) is 0 Å². The van der Waals surface area contributed by atoms with Gasteiger partial charge in [0.2, 0.25) is 0 Å². The molecule has 3 aliphatic rings. The van der Waals surface area contributed by atoms with Crippen LogP contribution in [-0.2, 0) is 10.8 Å². The largest absolute Gasteiger partial charge is 0.457 e. The third-order valence-electron chi connectivity index (χ3n) is 10.7. The van der Waals surface area contributed by atoms with Crippen molar-refractivity contribution in [3.63, 3.8) is 0 Å². The minimum absolute atomic E-state index is 0.159. The quantitative estimate of drug-likeness (QED) is 0.189. The first-order valence-electron chi connectivity index (χ1n) is 15.8. The molecule has 1 aliphatic heterocycles. The molecule has 0 radical (unpaired) electrons. The van der Waals surface area contributed by atoms with Crippen molar-refractivity contribution < 1.29 is 4.74 Å². The first kappa shape index (κ1) is 25.0. The van der Waals surface area contributed by atoms with E-state index in [9.17, 15) is 0 Å². The average Bonchev–Trinajstić information content (AvgIpc) is 3.54. The van der Waals surface area contributed by atoms with Crippen molar-refractivity contribution in [3.8, 4) is 44.9 Å². The van der Waals surface area contributed by atoms with E-state index in [1.807, 2.05) is 6.07 Å². The average molecular weight is 575 g/mol. The van der Waals surface area contributed by atoms with E-state index in [2.05, 4.69) is 153 Å². The Morgan fingerprint density at radius 2 is 0.911 bits per heavy atom. The summed E-state index contributed by atoms with van der Waals surface area (Å²) in [6, 6.07) is 54.0. The van der Waals surface area contributed by atoms with E-state index in [-0.39, 0.29) is 10.8 Å². The van der Waals surface area contributed by atoms with Crippen LogP contribution in [0.3, 0.4) is 0 Å². The van der Waals surface area contributed by atoms with Crippen molar-refractivity contribution in [3.05, 3.63) is 179 Å². The minimum atomic E-state index is -0.351. The van der Waals surface area contributed by atoms with E-state index in [0.717, 1.165) is 11.5 Å². The fraction of sp³-hybridized carbons (Fsp3) is 0.0909. The molecule has 0 saturated carbocycles. The topological polar surface area (TPSA) is 9.23 Å². The summed E-state index contributed by atoms with van der Waals surface area (Å²) in [7, 11) is 0. The number of hydrogen-bond donors (Lipinski definition) is 0. The van der Waals surface area contributed by atoms with Crippen molar-refractivity contribution >= 4 is 10.8 Å². The summed E-state index contributed by atoms with van der Waals surface area (Å²) in [6.45, 7) is 4.61. The Bertz CT molecular complexity index is 2390. The van der Waals surface area contributed by atoms with E-state index < -0.39 is 0 Å². The van der Waals surface area contributed by atoms with Crippen molar-refractivity contribution in [1.82, 2.24) is 0 Å². The molecular weight excluding hydrogens is 544 g/mol. The lowest BCUT2D eigenvalue weighted by atomic mass is 9.70. The molecule has 7 aromatic carbocycles. The zero-order valence-corrected chi connectivity index (χ0v) is 25.3. The minimum Gasteiger partial charge on any atom is -0.457 e. The van der Waals surface area contributed by atoms with E-state index >= 15 is 0 Å². The van der Waals surface area contributed by atoms with Crippen LogP contribution in [0.2, 0.25) is 0 Å². The maximum Gasteiger partial charge on any atom is 0.131 e. The molecule has 0 amide bonds. The number of benzene rings is 7. The monoisotopic (exact) mass is 574 g/mol. The smallest absolute Gasteiger partial charge is 0.131 e. The van der Waals surface area contributed by atoms with E-state index in [1.165, 1.54) is 77.5 Å². The van der Waals surface area contributed by atoms with Gasteiger partial charge >= 0.3 is 0 Å². The lowest BCUT2D eigenvalue weighted by Crippen LogP contribution is -2.25.